The van der Waals surface area contributed by atoms with Gasteiger partial charge in [0.1, 0.15) is 5.60 Å². The minimum Gasteiger partial charge on any atom is -0.444 e. The fraction of sp³-hybridized carbons (Fsp3) is 0.619. The second-order valence-electron chi connectivity index (χ2n) is 9.55. The molecule has 2 aliphatic heterocycles. The number of alkyl carbamates (subject to hydrolysis) is 1. The maximum atomic E-state index is 12.0. The minimum absolute atomic E-state index is 0.181. The van der Waals surface area contributed by atoms with Crippen LogP contribution in [0.5, 0.6) is 0 Å². The first kappa shape index (κ1) is 19.7. The average Bonchev–Trinajstić information content (AvgIpc) is 2.54. The molecule has 2 saturated heterocycles. The number of hydrogen-bond donors (Lipinski definition) is 2. The van der Waals surface area contributed by atoms with Crippen LogP contribution in [0.25, 0.3) is 0 Å². The third-order valence-corrected chi connectivity index (χ3v) is 5.86. The van der Waals surface area contributed by atoms with Crippen molar-refractivity contribution in [3.63, 3.8) is 0 Å². The van der Waals surface area contributed by atoms with Gasteiger partial charge < -0.3 is 15.0 Å². The zero-order chi connectivity index (χ0) is 20.8. The fourth-order valence-corrected chi connectivity index (χ4v) is 4.53. The maximum Gasteiger partial charge on any atom is 0.407 e. The normalized spacial score (nSPS) is 23.8. The third-order valence-electron chi connectivity index (χ3n) is 5.86. The molecule has 3 aliphatic rings. The lowest BCUT2D eigenvalue weighted by Gasteiger charge is -2.59. The standard InChI is InChI=1S/C21H28N4O4/c1-20(2,3)29-19(28)23-13-8-21(9-13)11-25(12-21)14-4-6-16(22-10-14)15-5-7-17(26)24-18(15)27/h4,6,10,13,15H,5,7-9,11-12H2,1-3H3,(H,23,28)(H,24,26,27). The van der Waals surface area contributed by atoms with E-state index in [1.807, 2.05) is 32.9 Å². The number of hydrogen-bond acceptors (Lipinski definition) is 6. The summed E-state index contributed by atoms with van der Waals surface area (Å²) in [6.45, 7) is 7.46. The zero-order valence-electron chi connectivity index (χ0n) is 17.2. The quantitative estimate of drug-likeness (QED) is 0.754. The Morgan fingerprint density at radius 1 is 1.28 bits per heavy atom. The molecule has 2 N–H and O–H groups in total. The summed E-state index contributed by atoms with van der Waals surface area (Å²) >= 11 is 0. The maximum absolute atomic E-state index is 12.0. The van der Waals surface area contributed by atoms with Crippen LogP contribution in [0.4, 0.5) is 10.5 Å². The molecule has 3 amide bonds. The number of ether oxygens (including phenoxy) is 1. The highest BCUT2D eigenvalue weighted by Crippen LogP contribution is 2.49. The molecule has 3 heterocycles. The van der Waals surface area contributed by atoms with E-state index in [2.05, 4.69) is 20.5 Å². The Morgan fingerprint density at radius 2 is 2.00 bits per heavy atom. The number of nitrogens with one attached hydrogen (secondary N) is 2. The number of amides is 3. The van der Waals surface area contributed by atoms with Crippen molar-refractivity contribution in [1.82, 2.24) is 15.6 Å². The van der Waals surface area contributed by atoms with E-state index in [9.17, 15) is 14.4 Å². The van der Waals surface area contributed by atoms with Gasteiger partial charge in [-0.1, -0.05) is 0 Å². The molecule has 0 radical (unpaired) electrons. The zero-order valence-corrected chi connectivity index (χ0v) is 17.2. The Hall–Kier alpha value is -2.64. The smallest absolute Gasteiger partial charge is 0.407 e. The van der Waals surface area contributed by atoms with Crippen molar-refractivity contribution < 1.29 is 19.1 Å². The summed E-state index contributed by atoms with van der Waals surface area (Å²) in [7, 11) is 0. The molecule has 156 valence electrons. The molecule has 8 heteroatoms. The predicted octanol–water partition coefficient (Wildman–Crippen LogP) is 2.10. The van der Waals surface area contributed by atoms with Crippen LogP contribution < -0.4 is 15.5 Å². The van der Waals surface area contributed by atoms with Crippen molar-refractivity contribution in [2.75, 3.05) is 18.0 Å². The van der Waals surface area contributed by atoms with Gasteiger partial charge in [0, 0.05) is 31.0 Å². The average molecular weight is 400 g/mol. The molecule has 29 heavy (non-hydrogen) atoms. The van der Waals surface area contributed by atoms with Crippen molar-refractivity contribution in [2.45, 2.75) is 64.0 Å². The van der Waals surface area contributed by atoms with Gasteiger partial charge in [-0.15, -0.1) is 0 Å². The Labute approximate surface area is 170 Å². The highest BCUT2D eigenvalue weighted by Gasteiger charge is 2.53. The lowest BCUT2D eigenvalue weighted by Crippen LogP contribution is -2.66. The molecular weight excluding hydrogens is 372 g/mol. The lowest BCUT2D eigenvalue weighted by molar-refractivity contribution is -0.134. The predicted molar refractivity (Wildman–Crippen MR) is 106 cm³/mol. The topological polar surface area (TPSA) is 101 Å². The number of piperidine rings is 1. The SMILES string of the molecule is CC(C)(C)OC(=O)NC1CC2(C1)CN(c1ccc(C3CCC(=O)NC3=O)nc1)C2. The molecule has 3 fully saturated rings. The monoisotopic (exact) mass is 400 g/mol. The van der Waals surface area contributed by atoms with Crippen molar-refractivity contribution in [3.05, 3.63) is 24.0 Å². The third kappa shape index (κ3) is 4.21. The van der Waals surface area contributed by atoms with Crippen LogP contribution in [-0.2, 0) is 14.3 Å². The van der Waals surface area contributed by atoms with Gasteiger partial charge in [0.25, 0.3) is 0 Å². The van der Waals surface area contributed by atoms with E-state index in [1.165, 1.54) is 0 Å². The van der Waals surface area contributed by atoms with Gasteiger partial charge in [-0.05, 0) is 52.2 Å². The fourth-order valence-electron chi connectivity index (χ4n) is 4.53. The summed E-state index contributed by atoms with van der Waals surface area (Å²) in [6.07, 6.45) is 4.25. The second kappa shape index (κ2) is 7.00. The summed E-state index contributed by atoms with van der Waals surface area (Å²) < 4.78 is 5.31. The van der Waals surface area contributed by atoms with Gasteiger partial charge in [0.15, 0.2) is 0 Å². The van der Waals surface area contributed by atoms with Crippen molar-refractivity contribution in [1.29, 1.82) is 0 Å². The van der Waals surface area contributed by atoms with E-state index in [0.29, 0.717) is 18.5 Å². The molecule has 4 rings (SSSR count). The summed E-state index contributed by atoms with van der Waals surface area (Å²) in [5, 5.41) is 5.32. The summed E-state index contributed by atoms with van der Waals surface area (Å²) in [5.41, 5.74) is 1.53. The van der Waals surface area contributed by atoms with Gasteiger partial charge in [0.05, 0.1) is 23.5 Å². The molecule has 1 aliphatic carbocycles. The van der Waals surface area contributed by atoms with E-state index >= 15 is 0 Å². The van der Waals surface area contributed by atoms with E-state index < -0.39 is 5.60 Å². The lowest BCUT2D eigenvalue weighted by atomic mass is 9.60. The van der Waals surface area contributed by atoms with Crippen molar-refractivity contribution in [2.24, 2.45) is 5.41 Å². The molecule has 1 saturated carbocycles. The first-order valence-electron chi connectivity index (χ1n) is 10.2. The highest BCUT2D eigenvalue weighted by molar-refractivity contribution is 6.00. The summed E-state index contributed by atoms with van der Waals surface area (Å²) in [6, 6.07) is 4.06. The van der Waals surface area contributed by atoms with Crippen molar-refractivity contribution in [3.8, 4) is 0 Å². The molecule has 1 spiro atoms. The van der Waals surface area contributed by atoms with Gasteiger partial charge >= 0.3 is 6.09 Å². The van der Waals surface area contributed by atoms with Crippen LogP contribution in [0.3, 0.4) is 0 Å². The van der Waals surface area contributed by atoms with Gasteiger partial charge in [-0.25, -0.2) is 4.79 Å². The van der Waals surface area contributed by atoms with Gasteiger partial charge in [-0.2, -0.15) is 0 Å². The Morgan fingerprint density at radius 3 is 2.59 bits per heavy atom. The number of carbonyl (C=O) groups is 3. The molecule has 0 bridgehead atoms. The second-order valence-corrected chi connectivity index (χ2v) is 9.55. The van der Waals surface area contributed by atoms with Crippen LogP contribution in [0.2, 0.25) is 0 Å². The van der Waals surface area contributed by atoms with Crippen LogP contribution in [0, 0.1) is 5.41 Å². The summed E-state index contributed by atoms with van der Waals surface area (Å²) in [4.78, 5) is 41.9. The molecular formula is C21H28N4O4. The first-order chi connectivity index (χ1) is 13.6. The van der Waals surface area contributed by atoms with Crippen LogP contribution in [-0.4, -0.2) is 47.6 Å². The number of imide groups is 1. The summed E-state index contributed by atoms with van der Waals surface area (Å²) in [5.74, 6) is -0.827. The minimum atomic E-state index is -0.480. The number of anilines is 1. The van der Waals surface area contributed by atoms with E-state index in [0.717, 1.165) is 31.6 Å². The molecule has 1 aromatic rings. The Balaban J connectivity index is 1.25. The molecule has 8 nitrogen and oxygen atoms in total. The molecule has 1 unspecified atom stereocenters. The van der Waals surface area contributed by atoms with E-state index in [4.69, 9.17) is 4.74 Å². The van der Waals surface area contributed by atoms with Crippen molar-refractivity contribution >= 4 is 23.6 Å². The number of rotatable bonds is 3. The van der Waals surface area contributed by atoms with Crippen LogP contribution in [0.1, 0.15) is 58.1 Å². The van der Waals surface area contributed by atoms with E-state index in [1.54, 1.807) is 6.20 Å². The number of nitrogens with zero attached hydrogens (tertiary/aromatic N) is 2. The number of aromatic nitrogens is 1. The van der Waals surface area contributed by atoms with Gasteiger partial charge in [0.2, 0.25) is 11.8 Å². The molecule has 1 aromatic heterocycles. The van der Waals surface area contributed by atoms with Gasteiger partial charge in [-0.3, -0.25) is 19.9 Å². The number of pyridine rings is 1. The highest BCUT2D eigenvalue weighted by atomic mass is 16.6. The Bertz CT molecular complexity index is 816. The van der Waals surface area contributed by atoms with Crippen LogP contribution in [0.15, 0.2) is 18.3 Å². The number of carbonyl (C=O) groups excluding carboxylic acids is 3. The van der Waals surface area contributed by atoms with Crippen LogP contribution >= 0.6 is 0 Å². The molecule has 0 aromatic carbocycles. The first-order valence-corrected chi connectivity index (χ1v) is 10.2. The Kier molecular flexibility index (Phi) is 4.75. The largest absolute Gasteiger partial charge is 0.444 e. The molecule has 1 atom stereocenters. The van der Waals surface area contributed by atoms with E-state index in [-0.39, 0.29) is 35.3 Å².